The second-order valence-corrected chi connectivity index (χ2v) is 15.7. The lowest BCUT2D eigenvalue weighted by Gasteiger charge is -2.29. The zero-order valence-corrected chi connectivity index (χ0v) is 29.4. The van der Waals surface area contributed by atoms with Crippen LogP contribution in [0.3, 0.4) is 0 Å². The van der Waals surface area contributed by atoms with Crippen LogP contribution in [0.1, 0.15) is 6.23 Å². The molecule has 2 fully saturated rings. The molecule has 5 rings (SSSR count). The molecule has 0 bridgehead atoms. The molecular formula is C22H33N10O18P3. The minimum Gasteiger partial charge on any atom is -0.387 e. The van der Waals surface area contributed by atoms with Gasteiger partial charge in [0, 0.05) is 13.2 Å². The van der Waals surface area contributed by atoms with Crippen LogP contribution < -0.4 is 32.8 Å². The molecule has 11 atom stereocenters. The average Bonchev–Trinajstić information content (AvgIpc) is 3.68. The second-order valence-electron chi connectivity index (χ2n) is 11.0. The summed E-state index contributed by atoms with van der Waals surface area (Å²) in [6.45, 7) is 1.33. The number of anilines is 4. The maximum atomic E-state index is 12.5. The molecular weight excluding hydrogens is 785 g/mol. The number of nitrogens with one attached hydrogen (secondary N) is 3. The van der Waals surface area contributed by atoms with Gasteiger partial charge >= 0.3 is 23.5 Å². The number of fused-ring (bicyclic) bond motifs is 1. The standard InChI is InChI=1S/C22H33N10O18P3/c1-3-31(15-9(25-2)17(37)29-21(23)27-15)19-13(35)11(33)7(47-19)4-45-51(39,40)49-53(43,44)50-52(41,42)46-5-8-12(34)14(36)20(48-8)32-6-26-10-16(32)28-22(24)30-18(10)38/h3,6-8,11-14,19-20,25,33-36H,1,4-5H2,2H3,(H,39,40)(H,41,42)(H,43,44)(H3,23,27,29,37)(H3,24,28,30,38)/t7-,8-,11?,12?,13?,14?,19-,20-/m1/s1. The Bertz CT molecular complexity index is 2120. The van der Waals surface area contributed by atoms with E-state index in [1.807, 2.05) is 0 Å². The van der Waals surface area contributed by atoms with E-state index < -0.39 is 96.9 Å². The minimum absolute atomic E-state index is 0.152. The van der Waals surface area contributed by atoms with Gasteiger partial charge in [0.1, 0.15) is 42.3 Å². The molecule has 2 aliphatic heterocycles. The van der Waals surface area contributed by atoms with Gasteiger partial charge < -0.3 is 66.3 Å². The molecule has 53 heavy (non-hydrogen) atoms. The first kappa shape index (κ1) is 40.5. The molecule has 31 heteroatoms. The van der Waals surface area contributed by atoms with Crippen LogP contribution in [0.15, 0.2) is 28.7 Å². The van der Waals surface area contributed by atoms with Crippen molar-refractivity contribution in [1.29, 1.82) is 0 Å². The van der Waals surface area contributed by atoms with E-state index in [1.54, 1.807) is 0 Å². The number of nitrogens with two attached hydrogens (primary N) is 2. The average molecular weight is 818 g/mol. The Morgan fingerprint density at radius 2 is 1.45 bits per heavy atom. The fraction of sp³-hybridized carbons (Fsp3) is 0.500. The molecule has 0 amide bonds. The van der Waals surface area contributed by atoms with Crippen LogP contribution >= 0.6 is 23.5 Å². The van der Waals surface area contributed by atoms with Crippen LogP contribution in [-0.2, 0) is 40.8 Å². The zero-order chi connectivity index (χ0) is 39.2. The Kier molecular flexibility index (Phi) is 11.6. The first-order valence-corrected chi connectivity index (χ1v) is 19.1. The summed E-state index contributed by atoms with van der Waals surface area (Å²) in [5, 5.41) is 44.7. The van der Waals surface area contributed by atoms with Crippen molar-refractivity contribution in [2.45, 2.75) is 49.1 Å². The maximum Gasteiger partial charge on any atom is 0.490 e. The number of phosphoric ester groups is 2. The Balaban J connectivity index is 1.17. The van der Waals surface area contributed by atoms with Gasteiger partial charge in [-0.2, -0.15) is 18.6 Å². The van der Waals surface area contributed by atoms with Gasteiger partial charge in [-0.15, -0.1) is 0 Å². The predicted octanol–water partition coefficient (Wildman–Crippen LogP) is -3.51. The van der Waals surface area contributed by atoms with Gasteiger partial charge in [-0.25, -0.2) is 18.7 Å². The van der Waals surface area contributed by atoms with Crippen LogP contribution in [0.25, 0.3) is 11.2 Å². The van der Waals surface area contributed by atoms with Crippen LogP contribution in [0, 0.1) is 0 Å². The molecule has 3 aromatic rings. The first-order chi connectivity index (χ1) is 24.7. The number of phosphoric acid groups is 3. The van der Waals surface area contributed by atoms with E-state index in [2.05, 4.69) is 54.5 Å². The number of nitrogen functional groups attached to an aromatic ring is 2. The van der Waals surface area contributed by atoms with Crippen molar-refractivity contribution in [1.82, 2.24) is 29.5 Å². The molecule has 2 saturated heterocycles. The number of aromatic amines is 2. The van der Waals surface area contributed by atoms with Crippen molar-refractivity contribution in [3.8, 4) is 0 Å². The van der Waals surface area contributed by atoms with E-state index >= 15 is 0 Å². The highest BCUT2D eigenvalue weighted by Gasteiger charge is 2.49. The topological polar surface area (TPSA) is 425 Å². The van der Waals surface area contributed by atoms with Crippen molar-refractivity contribution >= 4 is 58.0 Å². The van der Waals surface area contributed by atoms with Crippen molar-refractivity contribution in [2.75, 3.05) is 41.9 Å². The number of ether oxygens (including phenoxy) is 2. The zero-order valence-electron chi connectivity index (χ0n) is 26.7. The van der Waals surface area contributed by atoms with Crippen LogP contribution in [0.4, 0.5) is 23.4 Å². The number of hydrogen-bond donors (Lipinski definition) is 12. The lowest BCUT2D eigenvalue weighted by Crippen LogP contribution is -2.42. The van der Waals surface area contributed by atoms with Crippen molar-refractivity contribution in [3.05, 3.63) is 39.8 Å². The minimum atomic E-state index is -6.02. The van der Waals surface area contributed by atoms with Crippen LogP contribution in [-0.4, -0.2) is 128 Å². The van der Waals surface area contributed by atoms with E-state index in [1.165, 1.54) is 7.05 Å². The van der Waals surface area contributed by atoms with Gasteiger partial charge in [0.2, 0.25) is 11.9 Å². The van der Waals surface area contributed by atoms with Gasteiger partial charge in [0.05, 0.1) is 19.5 Å². The summed E-state index contributed by atoms with van der Waals surface area (Å²) in [7, 11) is -16.1. The van der Waals surface area contributed by atoms with E-state index in [-0.39, 0.29) is 34.6 Å². The number of nitrogens with zero attached hydrogens (tertiary/aromatic N) is 5. The molecule has 0 radical (unpaired) electrons. The summed E-state index contributed by atoms with van der Waals surface area (Å²) in [5.41, 5.74) is 9.19. The highest BCUT2D eigenvalue weighted by Crippen LogP contribution is 2.67. The molecule has 294 valence electrons. The fourth-order valence-corrected chi connectivity index (χ4v) is 8.70. The third-order valence-electron chi connectivity index (χ3n) is 7.50. The molecule has 0 saturated carbocycles. The van der Waals surface area contributed by atoms with Gasteiger partial charge in [-0.3, -0.25) is 33.2 Å². The molecule has 0 spiro atoms. The number of aliphatic hydroxyl groups is 4. The van der Waals surface area contributed by atoms with Gasteiger partial charge in [-0.1, -0.05) is 6.58 Å². The molecule has 7 unspecified atom stereocenters. The third-order valence-corrected chi connectivity index (χ3v) is 11.8. The predicted molar refractivity (Wildman–Crippen MR) is 174 cm³/mol. The lowest BCUT2D eigenvalue weighted by atomic mass is 10.1. The number of imidazole rings is 1. The lowest BCUT2D eigenvalue weighted by molar-refractivity contribution is -0.0503. The third kappa shape index (κ3) is 8.68. The quantitative estimate of drug-likeness (QED) is 0.0662. The molecule has 5 heterocycles. The van der Waals surface area contributed by atoms with Gasteiger partial charge in [0.25, 0.3) is 11.1 Å². The summed E-state index contributed by atoms with van der Waals surface area (Å²) >= 11 is 0. The Morgan fingerprint density at radius 1 is 0.906 bits per heavy atom. The van der Waals surface area contributed by atoms with Crippen molar-refractivity contribution in [2.24, 2.45) is 0 Å². The fourth-order valence-electron chi connectivity index (χ4n) is 5.18. The Hall–Kier alpha value is -3.66. The monoisotopic (exact) mass is 818 g/mol. The van der Waals surface area contributed by atoms with E-state index in [9.17, 15) is 58.4 Å². The van der Waals surface area contributed by atoms with Crippen molar-refractivity contribution < 1.29 is 75.9 Å². The SMILES string of the molecule is C=CN(c1nc(N)[nH]c(=O)c1NC)[C@@H]1O[C@H](COP(=O)(O)OP(=O)(O)OP(=O)(O)OC[C@H]2O[C@@H](n3cnc4c(=O)[nH]c(N)nc43)C(O)C2O)C(O)C1O. The molecule has 0 aromatic carbocycles. The Morgan fingerprint density at radius 3 is 2.04 bits per heavy atom. The Labute approximate surface area is 294 Å². The number of aliphatic hydroxyl groups excluding tert-OH is 4. The van der Waals surface area contributed by atoms with E-state index in [0.717, 1.165) is 22.0 Å². The van der Waals surface area contributed by atoms with Crippen LogP contribution in [0.5, 0.6) is 0 Å². The molecule has 2 aliphatic rings. The number of rotatable bonds is 15. The highest BCUT2D eigenvalue weighted by molar-refractivity contribution is 7.66. The molecule has 3 aromatic heterocycles. The van der Waals surface area contributed by atoms with Crippen molar-refractivity contribution in [3.63, 3.8) is 0 Å². The van der Waals surface area contributed by atoms with Gasteiger partial charge in [0.15, 0.2) is 29.4 Å². The second kappa shape index (κ2) is 15.2. The summed E-state index contributed by atoms with van der Waals surface area (Å²) in [6.07, 6.45) is -11.5. The number of aromatic nitrogens is 6. The maximum absolute atomic E-state index is 12.5. The van der Waals surface area contributed by atoms with Crippen LogP contribution in [0.2, 0.25) is 0 Å². The summed E-state index contributed by atoms with van der Waals surface area (Å²) < 4.78 is 66.6. The molecule has 28 nitrogen and oxygen atoms in total. The molecule has 14 N–H and O–H groups in total. The smallest absolute Gasteiger partial charge is 0.387 e. The van der Waals surface area contributed by atoms with Gasteiger partial charge in [-0.05, 0) is 0 Å². The highest BCUT2D eigenvalue weighted by atomic mass is 31.3. The number of hydrogen-bond acceptors (Lipinski definition) is 22. The summed E-state index contributed by atoms with van der Waals surface area (Å²) in [4.78, 5) is 71.5. The van der Waals surface area contributed by atoms with E-state index in [0.29, 0.717) is 0 Å². The first-order valence-electron chi connectivity index (χ1n) is 14.6. The largest absolute Gasteiger partial charge is 0.490 e. The number of H-pyrrole nitrogens is 2. The summed E-state index contributed by atoms with van der Waals surface area (Å²) in [5.74, 6) is -0.855. The summed E-state index contributed by atoms with van der Waals surface area (Å²) in [6, 6.07) is 0. The normalized spacial score (nSPS) is 29.4. The molecule has 0 aliphatic carbocycles. The van der Waals surface area contributed by atoms with E-state index in [4.69, 9.17) is 20.9 Å².